The van der Waals surface area contributed by atoms with Crippen LogP contribution < -0.4 is 5.73 Å². The summed E-state index contributed by atoms with van der Waals surface area (Å²) in [5.74, 6) is 0.455. The zero-order chi connectivity index (χ0) is 20.5. The monoisotopic (exact) mass is 405 g/mol. The molecule has 0 fully saturated rings. The molecule has 148 valence electrons. The fourth-order valence-electron chi connectivity index (χ4n) is 3.41. The van der Waals surface area contributed by atoms with Gasteiger partial charge in [-0.05, 0) is 36.6 Å². The molecule has 4 rings (SSSR count). The van der Waals surface area contributed by atoms with Gasteiger partial charge in [0.25, 0.3) is 0 Å². The second kappa shape index (κ2) is 7.75. The van der Waals surface area contributed by atoms with E-state index in [9.17, 15) is 4.79 Å². The number of amides is 1. The molecule has 0 aliphatic heterocycles. The fourth-order valence-corrected chi connectivity index (χ4v) is 4.41. The number of benzene rings is 2. The number of para-hydroxylation sites is 1. The van der Waals surface area contributed by atoms with Crippen molar-refractivity contribution in [3.63, 3.8) is 0 Å². The van der Waals surface area contributed by atoms with Crippen LogP contribution in [0, 0.1) is 12.8 Å². The number of hydrogen-bond acceptors (Lipinski definition) is 4. The van der Waals surface area contributed by atoms with Crippen LogP contribution in [0.3, 0.4) is 0 Å². The zero-order valence-electron chi connectivity index (χ0n) is 16.6. The van der Waals surface area contributed by atoms with Gasteiger partial charge in [-0.3, -0.25) is 9.36 Å². The summed E-state index contributed by atoms with van der Waals surface area (Å²) in [5.41, 5.74) is 9.73. The molecular formula is C22H23N5OS. The number of H-pyrrole nitrogens is 1. The van der Waals surface area contributed by atoms with Gasteiger partial charge in [-0.15, -0.1) is 10.2 Å². The Morgan fingerprint density at radius 2 is 1.93 bits per heavy atom. The lowest BCUT2D eigenvalue weighted by Crippen LogP contribution is -2.30. The lowest BCUT2D eigenvalue weighted by molar-refractivity contribution is -0.118. The summed E-state index contributed by atoms with van der Waals surface area (Å²) in [6.07, 6.45) is 1.95. The summed E-state index contributed by atoms with van der Waals surface area (Å²) in [6.45, 7) is 6.01. The van der Waals surface area contributed by atoms with Crippen molar-refractivity contribution in [3.8, 4) is 17.1 Å². The average molecular weight is 406 g/mol. The minimum Gasteiger partial charge on any atom is -0.369 e. The van der Waals surface area contributed by atoms with E-state index in [1.54, 1.807) is 0 Å². The predicted molar refractivity (Wildman–Crippen MR) is 117 cm³/mol. The summed E-state index contributed by atoms with van der Waals surface area (Å²) >= 11 is 1.36. The fraction of sp³-hybridized carbons (Fsp3) is 0.227. The SMILES string of the molecule is Cc1cccc(-n2c(S[C@@H](C(N)=O)C(C)C)nnc2-c2c[nH]c3ccccc23)c1. The van der Waals surface area contributed by atoms with Crippen molar-refractivity contribution in [3.05, 3.63) is 60.3 Å². The van der Waals surface area contributed by atoms with Crippen molar-refractivity contribution in [1.29, 1.82) is 0 Å². The van der Waals surface area contributed by atoms with E-state index in [1.807, 2.05) is 67.9 Å². The minimum absolute atomic E-state index is 0.0803. The molecule has 4 aromatic rings. The number of carbonyl (C=O) groups is 1. The number of carbonyl (C=O) groups excluding carboxylic acids is 1. The summed E-state index contributed by atoms with van der Waals surface area (Å²) in [4.78, 5) is 15.3. The highest BCUT2D eigenvalue weighted by molar-refractivity contribution is 8.00. The molecular weight excluding hydrogens is 382 g/mol. The van der Waals surface area contributed by atoms with Gasteiger partial charge in [0.2, 0.25) is 5.91 Å². The molecule has 0 saturated carbocycles. The summed E-state index contributed by atoms with van der Waals surface area (Å²) in [5, 5.41) is 10.3. The van der Waals surface area contributed by atoms with Crippen LogP contribution >= 0.6 is 11.8 Å². The molecule has 2 heterocycles. The highest BCUT2D eigenvalue weighted by Crippen LogP contribution is 2.35. The van der Waals surface area contributed by atoms with Crippen LogP contribution in [0.5, 0.6) is 0 Å². The maximum Gasteiger partial charge on any atom is 0.231 e. The van der Waals surface area contributed by atoms with E-state index < -0.39 is 5.25 Å². The van der Waals surface area contributed by atoms with Gasteiger partial charge in [-0.25, -0.2) is 0 Å². The summed E-state index contributed by atoms with van der Waals surface area (Å²) < 4.78 is 2.01. The topological polar surface area (TPSA) is 89.6 Å². The number of primary amides is 1. The van der Waals surface area contributed by atoms with Crippen LogP contribution in [-0.4, -0.2) is 30.9 Å². The number of aromatic amines is 1. The molecule has 1 amide bonds. The quantitative estimate of drug-likeness (QED) is 0.467. The molecule has 2 aromatic heterocycles. The maximum absolute atomic E-state index is 12.0. The van der Waals surface area contributed by atoms with E-state index in [0.717, 1.165) is 33.5 Å². The third-order valence-electron chi connectivity index (χ3n) is 4.84. The Morgan fingerprint density at radius 1 is 1.14 bits per heavy atom. The van der Waals surface area contributed by atoms with Crippen molar-refractivity contribution in [1.82, 2.24) is 19.7 Å². The van der Waals surface area contributed by atoms with Crippen LogP contribution in [0.15, 0.2) is 59.9 Å². The molecule has 3 N–H and O–H groups in total. The molecule has 0 spiro atoms. The molecule has 0 radical (unpaired) electrons. The van der Waals surface area contributed by atoms with Crippen molar-refractivity contribution in [2.75, 3.05) is 0 Å². The lowest BCUT2D eigenvalue weighted by atomic mass is 10.1. The highest BCUT2D eigenvalue weighted by atomic mass is 32.2. The standard InChI is InChI=1S/C22H23N5OS/c1-13(2)19(20(23)28)29-22-26-25-21(27(22)15-8-6-7-14(3)11-15)17-12-24-18-10-5-4-9-16(17)18/h4-13,19,24H,1-3H3,(H2,23,28)/t19-/m1/s1. The number of aryl methyl sites for hydroxylation is 1. The summed E-state index contributed by atoms with van der Waals surface area (Å²) in [6, 6.07) is 16.2. The van der Waals surface area contributed by atoms with Crippen LogP contribution in [0.2, 0.25) is 0 Å². The Labute approximate surface area is 173 Å². The number of aromatic nitrogens is 4. The van der Waals surface area contributed by atoms with Crippen LogP contribution in [0.4, 0.5) is 0 Å². The van der Waals surface area contributed by atoms with Crippen LogP contribution in [0.1, 0.15) is 19.4 Å². The molecule has 0 aliphatic rings. The zero-order valence-corrected chi connectivity index (χ0v) is 17.4. The van der Waals surface area contributed by atoms with Gasteiger partial charge >= 0.3 is 0 Å². The molecule has 2 aromatic carbocycles. The number of nitrogens with one attached hydrogen (secondary N) is 1. The molecule has 0 bridgehead atoms. The van der Waals surface area contributed by atoms with E-state index in [2.05, 4.69) is 27.3 Å². The molecule has 6 nitrogen and oxygen atoms in total. The maximum atomic E-state index is 12.0. The molecule has 0 saturated heterocycles. The second-order valence-electron chi connectivity index (χ2n) is 7.41. The first-order chi connectivity index (χ1) is 14.0. The molecule has 0 aliphatic carbocycles. The predicted octanol–water partition coefficient (Wildman–Crippen LogP) is 4.33. The van der Waals surface area contributed by atoms with Gasteiger partial charge in [-0.2, -0.15) is 0 Å². The van der Waals surface area contributed by atoms with E-state index in [0.29, 0.717) is 5.16 Å². The first-order valence-corrected chi connectivity index (χ1v) is 10.4. The Balaban J connectivity index is 1.91. The third-order valence-corrected chi connectivity index (χ3v) is 6.35. The van der Waals surface area contributed by atoms with E-state index >= 15 is 0 Å². The van der Waals surface area contributed by atoms with Crippen molar-refractivity contribution >= 4 is 28.6 Å². The van der Waals surface area contributed by atoms with Crippen molar-refractivity contribution in [2.24, 2.45) is 11.7 Å². The lowest BCUT2D eigenvalue weighted by Gasteiger charge is -2.17. The van der Waals surface area contributed by atoms with Gasteiger partial charge in [0, 0.05) is 28.4 Å². The van der Waals surface area contributed by atoms with Crippen LogP contribution in [0.25, 0.3) is 28.0 Å². The molecule has 1 atom stereocenters. The number of thioether (sulfide) groups is 1. The number of hydrogen-bond donors (Lipinski definition) is 2. The number of fused-ring (bicyclic) bond motifs is 1. The van der Waals surface area contributed by atoms with E-state index in [-0.39, 0.29) is 11.8 Å². The van der Waals surface area contributed by atoms with Gasteiger partial charge in [0.05, 0.1) is 5.25 Å². The first kappa shape index (κ1) is 19.3. The Morgan fingerprint density at radius 3 is 2.66 bits per heavy atom. The highest BCUT2D eigenvalue weighted by Gasteiger charge is 2.26. The van der Waals surface area contributed by atoms with Gasteiger partial charge < -0.3 is 10.7 Å². The van der Waals surface area contributed by atoms with E-state index in [1.165, 1.54) is 11.8 Å². The Bertz CT molecular complexity index is 1180. The Hall–Kier alpha value is -3.06. The number of nitrogens with two attached hydrogens (primary N) is 1. The third kappa shape index (κ3) is 3.65. The van der Waals surface area contributed by atoms with Gasteiger partial charge in [-0.1, -0.05) is 55.9 Å². The van der Waals surface area contributed by atoms with Gasteiger partial charge in [0.15, 0.2) is 11.0 Å². The summed E-state index contributed by atoms with van der Waals surface area (Å²) in [7, 11) is 0. The average Bonchev–Trinajstić information content (AvgIpc) is 3.29. The molecule has 7 heteroatoms. The van der Waals surface area contributed by atoms with Crippen molar-refractivity contribution < 1.29 is 4.79 Å². The van der Waals surface area contributed by atoms with Crippen molar-refractivity contribution in [2.45, 2.75) is 31.2 Å². The van der Waals surface area contributed by atoms with Crippen LogP contribution in [-0.2, 0) is 4.79 Å². The molecule has 29 heavy (non-hydrogen) atoms. The molecule has 0 unspecified atom stereocenters. The first-order valence-electron chi connectivity index (χ1n) is 9.50. The largest absolute Gasteiger partial charge is 0.369 e. The second-order valence-corrected chi connectivity index (χ2v) is 8.52. The normalized spacial score (nSPS) is 12.6. The smallest absolute Gasteiger partial charge is 0.231 e. The minimum atomic E-state index is -0.390. The van der Waals surface area contributed by atoms with Gasteiger partial charge in [0.1, 0.15) is 0 Å². The van der Waals surface area contributed by atoms with E-state index in [4.69, 9.17) is 5.73 Å². The number of rotatable bonds is 6. The Kier molecular flexibility index (Phi) is 5.15. The number of nitrogens with zero attached hydrogens (tertiary/aromatic N) is 3.